The van der Waals surface area contributed by atoms with Gasteiger partial charge in [-0.2, -0.15) is 0 Å². The van der Waals surface area contributed by atoms with Gasteiger partial charge in [-0.1, -0.05) is 24.3 Å². The maximum absolute atomic E-state index is 12.3. The molecule has 0 spiro atoms. The maximum atomic E-state index is 12.3. The van der Waals surface area contributed by atoms with Crippen LogP contribution in [0, 0.1) is 0 Å². The highest BCUT2D eigenvalue weighted by atomic mass is 16.3. The zero-order valence-electron chi connectivity index (χ0n) is 12.4. The summed E-state index contributed by atoms with van der Waals surface area (Å²) >= 11 is 0. The molecule has 0 atom stereocenters. The fourth-order valence-electron chi connectivity index (χ4n) is 2.56. The molecule has 6 heteroatoms. The lowest BCUT2D eigenvalue weighted by molar-refractivity contribution is 0.0957. The van der Waals surface area contributed by atoms with Gasteiger partial charge >= 0.3 is 0 Å². The summed E-state index contributed by atoms with van der Waals surface area (Å²) in [6, 6.07) is 7.52. The molecular weight excluding hydrogens is 294 g/mol. The van der Waals surface area contributed by atoms with Crippen LogP contribution < -0.4 is 0 Å². The minimum atomic E-state index is -0.330. The molecule has 0 fully saturated rings. The average molecular weight is 309 g/mol. The van der Waals surface area contributed by atoms with Gasteiger partial charge in [0, 0.05) is 18.9 Å². The van der Waals surface area contributed by atoms with Crippen molar-refractivity contribution < 1.29 is 14.7 Å². The molecule has 0 bridgehead atoms. The third-order valence-electron chi connectivity index (χ3n) is 3.74. The van der Waals surface area contributed by atoms with Crippen LogP contribution in [0.4, 0.5) is 0 Å². The Labute approximate surface area is 132 Å². The van der Waals surface area contributed by atoms with E-state index in [1.165, 1.54) is 12.4 Å². The van der Waals surface area contributed by atoms with Gasteiger partial charge in [-0.3, -0.25) is 14.6 Å². The Kier molecular flexibility index (Phi) is 4.34. The van der Waals surface area contributed by atoms with Crippen molar-refractivity contribution in [3.8, 4) is 0 Å². The molecule has 1 aliphatic carbocycles. The van der Waals surface area contributed by atoms with Crippen molar-refractivity contribution in [2.75, 3.05) is 6.54 Å². The monoisotopic (exact) mass is 309 g/mol. The Bertz CT molecular complexity index is 799. The number of aromatic nitrogens is 2. The Hall–Kier alpha value is -2.73. The molecule has 0 saturated carbocycles. The second kappa shape index (κ2) is 6.58. The molecule has 1 N–H and O–H groups in total. The van der Waals surface area contributed by atoms with Crippen molar-refractivity contribution in [1.82, 2.24) is 9.97 Å². The Morgan fingerprint density at radius 3 is 2.48 bits per heavy atom. The second-order valence-electron chi connectivity index (χ2n) is 5.19. The van der Waals surface area contributed by atoms with Gasteiger partial charge in [-0.15, -0.1) is 0 Å². The van der Waals surface area contributed by atoms with E-state index in [9.17, 15) is 14.7 Å². The molecule has 0 unspecified atom stereocenters. The molecule has 23 heavy (non-hydrogen) atoms. The lowest BCUT2D eigenvalue weighted by Gasteiger charge is -2.13. The van der Waals surface area contributed by atoms with E-state index in [1.54, 1.807) is 0 Å². The fraction of sp³-hybridized carbons (Fsp3) is 0.235. The van der Waals surface area contributed by atoms with Crippen LogP contribution in [0.5, 0.6) is 0 Å². The number of Topliss-reactive ketones (excluding diaryl/α,β-unsaturated/α-hetero) is 2. The Morgan fingerprint density at radius 2 is 1.74 bits per heavy atom. The fourth-order valence-corrected chi connectivity index (χ4v) is 2.56. The summed E-state index contributed by atoms with van der Waals surface area (Å²) in [6.07, 6.45) is 3.35. The number of carbonyl (C=O) groups is 2. The summed E-state index contributed by atoms with van der Waals surface area (Å²) in [5.41, 5.74) is 2.26. The first kappa shape index (κ1) is 15.2. The lowest BCUT2D eigenvalue weighted by Crippen LogP contribution is -2.29. The molecule has 3 rings (SSSR count). The zero-order chi connectivity index (χ0) is 16.2. The van der Waals surface area contributed by atoms with Crippen LogP contribution in [-0.2, 0) is 13.0 Å². The molecule has 0 saturated heterocycles. The van der Waals surface area contributed by atoms with E-state index >= 15 is 0 Å². The highest BCUT2D eigenvalue weighted by Gasteiger charge is 2.31. The van der Waals surface area contributed by atoms with Gasteiger partial charge in [0.15, 0.2) is 5.78 Å². The summed E-state index contributed by atoms with van der Waals surface area (Å²) in [7, 11) is 0. The van der Waals surface area contributed by atoms with E-state index in [0.29, 0.717) is 13.0 Å². The summed E-state index contributed by atoms with van der Waals surface area (Å²) < 4.78 is 0. The summed E-state index contributed by atoms with van der Waals surface area (Å²) in [5.74, 6) is -0.564. The number of aliphatic hydroxyl groups is 1. The normalized spacial score (nSPS) is 15.8. The van der Waals surface area contributed by atoms with Gasteiger partial charge in [-0.25, -0.2) is 9.97 Å². The van der Waals surface area contributed by atoms with Crippen LogP contribution >= 0.6 is 0 Å². The molecule has 1 aromatic carbocycles. The number of ketones is 2. The number of nitrogens with zero attached hydrogens (tertiary/aromatic N) is 3. The minimum absolute atomic E-state index is 0.0346. The van der Waals surface area contributed by atoms with Crippen LogP contribution in [-0.4, -0.2) is 38.9 Å². The van der Waals surface area contributed by atoms with Crippen molar-refractivity contribution in [1.29, 1.82) is 0 Å². The number of carbonyl (C=O) groups excluding carboxylic acids is 2. The molecule has 1 heterocycles. The van der Waals surface area contributed by atoms with Crippen molar-refractivity contribution in [2.24, 2.45) is 4.99 Å². The van der Waals surface area contributed by atoms with Crippen molar-refractivity contribution in [3.05, 3.63) is 59.2 Å². The van der Waals surface area contributed by atoms with Crippen LogP contribution in [0.2, 0.25) is 0 Å². The van der Waals surface area contributed by atoms with E-state index in [2.05, 4.69) is 15.0 Å². The number of aliphatic hydroxyl groups excluding tert-OH is 1. The molecule has 1 aliphatic rings. The van der Waals surface area contributed by atoms with Crippen molar-refractivity contribution >= 4 is 17.3 Å². The Morgan fingerprint density at radius 1 is 1.04 bits per heavy atom. The molecule has 0 radical (unpaired) electrons. The highest BCUT2D eigenvalue weighted by molar-refractivity contribution is 6.52. The van der Waals surface area contributed by atoms with E-state index < -0.39 is 0 Å². The Balaban J connectivity index is 1.77. The molecule has 2 aromatic rings. The molecular formula is C17H15N3O3. The third kappa shape index (κ3) is 3.07. The minimum Gasteiger partial charge on any atom is -0.392 e. The third-order valence-corrected chi connectivity index (χ3v) is 3.74. The number of hydrogen-bond donors (Lipinski definition) is 1. The second-order valence-corrected chi connectivity index (χ2v) is 5.19. The topological polar surface area (TPSA) is 92.5 Å². The maximum Gasteiger partial charge on any atom is 0.227 e. The predicted molar refractivity (Wildman–Crippen MR) is 83.7 cm³/mol. The van der Waals surface area contributed by atoms with Crippen LogP contribution in [0.3, 0.4) is 0 Å². The quantitative estimate of drug-likeness (QED) is 0.922. The lowest BCUT2D eigenvalue weighted by atomic mass is 9.95. The summed E-state index contributed by atoms with van der Waals surface area (Å²) in [6.45, 7) is 0.341. The zero-order valence-corrected chi connectivity index (χ0v) is 12.4. The largest absolute Gasteiger partial charge is 0.392 e. The van der Waals surface area contributed by atoms with Gasteiger partial charge < -0.3 is 5.11 Å². The average Bonchev–Trinajstić information content (AvgIpc) is 2.59. The van der Waals surface area contributed by atoms with E-state index in [4.69, 9.17) is 0 Å². The number of aliphatic imine (C=N–C) groups is 1. The SMILES string of the molecule is O=C1CC(=NCCc2ccccc2CO)C(=O)c2nccnc21. The number of hydrogen-bond acceptors (Lipinski definition) is 6. The van der Waals surface area contributed by atoms with E-state index in [0.717, 1.165) is 11.1 Å². The molecule has 0 amide bonds. The van der Waals surface area contributed by atoms with Gasteiger partial charge in [0.05, 0.1) is 18.7 Å². The standard InChI is InChI=1S/C17H15N3O3/c21-10-12-4-2-1-3-11(12)5-6-18-13-9-14(22)15-16(17(13)23)20-8-7-19-15/h1-4,7-8,21H,5-6,9-10H2. The van der Waals surface area contributed by atoms with Gasteiger partial charge in [0.2, 0.25) is 5.78 Å². The summed E-state index contributed by atoms with van der Waals surface area (Å²) in [4.78, 5) is 36.5. The smallest absolute Gasteiger partial charge is 0.227 e. The van der Waals surface area contributed by atoms with Gasteiger partial charge in [-0.05, 0) is 17.5 Å². The van der Waals surface area contributed by atoms with Crippen LogP contribution in [0.1, 0.15) is 38.5 Å². The van der Waals surface area contributed by atoms with E-state index in [1.807, 2.05) is 24.3 Å². The van der Waals surface area contributed by atoms with Crippen molar-refractivity contribution in [2.45, 2.75) is 19.4 Å². The number of rotatable bonds is 4. The molecule has 0 aliphatic heterocycles. The number of benzene rings is 1. The molecule has 6 nitrogen and oxygen atoms in total. The first-order valence-corrected chi connectivity index (χ1v) is 7.30. The first-order chi connectivity index (χ1) is 11.2. The predicted octanol–water partition coefficient (Wildman–Crippen LogP) is 1.42. The van der Waals surface area contributed by atoms with Crippen LogP contribution in [0.25, 0.3) is 0 Å². The highest BCUT2D eigenvalue weighted by Crippen LogP contribution is 2.16. The molecule has 116 valence electrons. The molecule has 1 aromatic heterocycles. The van der Waals surface area contributed by atoms with Crippen LogP contribution in [0.15, 0.2) is 41.7 Å². The first-order valence-electron chi connectivity index (χ1n) is 7.30. The van der Waals surface area contributed by atoms with Crippen molar-refractivity contribution in [3.63, 3.8) is 0 Å². The number of fused-ring (bicyclic) bond motifs is 1. The summed E-state index contributed by atoms with van der Waals surface area (Å²) in [5, 5.41) is 9.30. The van der Waals surface area contributed by atoms with Gasteiger partial charge in [0.1, 0.15) is 11.4 Å². The van der Waals surface area contributed by atoms with E-state index in [-0.39, 0.29) is 41.7 Å². The van der Waals surface area contributed by atoms with Gasteiger partial charge in [0.25, 0.3) is 0 Å².